The maximum Gasteiger partial charge on any atom is 0.256 e. The van der Waals surface area contributed by atoms with E-state index in [0.29, 0.717) is 31.9 Å². The van der Waals surface area contributed by atoms with Crippen molar-refractivity contribution < 1.29 is 4.79 Å². The summed E-state index contributed by atoms with van der Waals surface area (Å²) in [5, 5.41) is 16.3. The van der Waals surface area contributed by atoms with Gasteiger partial charge < -0.3 is 5.32 Å². The van der Waals surface area contributed by atoms with Crippen LogP contribution in [0.1, 0.15) is 20.9 Å². The standard InChI is InChI=1S/C25H16ClN3OS2/c26-20-13-11-18(12-14-20)23(30)29-25-22(21-10-5-15-31-21)28-24(32-25)19(16-27)9-4-8-17-6-2-1-3-7-17/h1-15H,(H,29,30)/b8-4+,19-9-. The van der Waals surface area contributed by atoms with Gasteiger partial charge in [-0.05, 0) is 47.4 Å². The summed E-state index contributed by atoms with van der Waals surface area (Å²) in [6.45, 7) is 0. The van der Waals surface area contributed by atoms with Gasteiger partial charge in [-0.2, -0.15) is 5.26 Å². The molecular formula is C25H16ClN3OS2. The highest BCUT2D eigenvalue weighted by molar-refractivity contribution is 7.18. The number of hydrogen-bond acceptors (Lipinski definition) is 5. The molecule has 0 saturated heterocycles. The number of nitrogens with zero attached hydrogens (tertiary/aromatic N) is 2. The number of nitriles is 1. The number of aromatic nitrogens is 1. The fourth-order valence-corrected chi connectivity index (χ4v) is 4.71. The molecular weight excluding hydrogens is 458 g/mol. The van der Waals surface area contributed by atoms with Gasteiger partial charge in [0.1, 0.15) is 21.8 Å². The van der Waals surface area contributed by atoms with Gasteiger partial charge >= 0.3 is 0 Å². The molecule has 1 amide bonds. The van der Waals surface area contributed by atoms with Gasteiger partial charge in [0, 0.05) is 10.6 Å². The Balaban J connectivity index is 1.65. The van der Waals surface area contributed by atoms with Gasteiger partial charge in [0.15, 0.2) is 0 Å². The largest absolute Gasteiger partial charge is 0.312 e. The minimum absolute atomic E-state index is 0.263. The minimum atomic E-state index is -0.263. The molecule has 0 spiro atoms. The fraction of sp³-hybridized carbons (Fsp3) is 0. The van der Waals surface area contributed by atoms with Crippen molar-refractivity contribution in [1.29, 1.82) is 5.26 Å². The van der Waals surface area contributed by atoms with E-state index in [9.17, 15) is 10.1 Å². The summed E-state index contributed by atoms with van der Waals surface area (Å²) in [5.41, 5.74) is 2.60. The molecule has 7 heteroatoms. The lowest BCUT2D eigenvalue weighted by Crippen LogP contribution is -2.11. The summed E-state index contributed by atoms with van der Waals surface area (Å²) in [7, 11) is 0. The van der Waals surface area contributed by atoms with Gasteiger partial charge in [-0.1, -0.05) is 71.5 Å². The first-order valence-electron chi connectivity index (χ1n) is 9.59. The van der Waals surface area contributed by atoms with Crippen LogP contribution in [0.4, 0.5) is 5.00 Å². The van der Waals surface area contributed by atoms with Gasteiger partial charge in [-0.3, -0.25) is 4.79 Å². The van der Waals surface area contributed by atoms with Gasteiger partial charge in [0.25, 0.3) is 5.91 Å². The molecule has 0 radical (unpaired) electrons. The summed E-state index contributed by atoms with van der Waals surface area (Å²) in [6, 6.07) is 22.6. The summed E-state index contributed by atoms with van der Waals surface area (Å²) in [5.74, 6) is -0.263. The van der Waals surface area contributed by atoms with Crippen LogP contribution < -0.4 is 5.32 Å². The topological polar surface area (TPSA) is 65.8 Å². The second kappa shape index (κ2) is 10.2. The SMILES string of the molecule is N#C/C(=C/C=C/c1ccccc1)c1nc(-c2cccs2)c(NC(=O)c2ccc(Cl)cc2)s1. The monoisotopic (exact) mass is 473 g/mol. The normalized spacial score (nSPS) is 11.4. The van der Waals surface area contributed by atoms with Crippen molar-refractivity contribution in [3.63, 3.8) is 0 Å². The van der Waals surface area contributed by atoms with Crippen LogP contribution in [0.2, 0.25) is 5.02 Å². The van der Waals surface area contributed by atoms with Gasteiger partial charge in [0.05, 0.1) is 10.5 Å². The van der Waals surface area contributed by atoms with Crippen LogP contribution in [0.5, 0.6) is 0 Å². The third-order valence-corrected chi connectivity index (χ3v) is 6.55. The number of carbonyl (C=O) groups is 1. The number of hydrogen-bond donors (Lipinski definition) is 1. The van der Waals surface area contributed by atoms with Gasteiger partial charge in [0.2, 0.25) is 0 Å². The van der Waals surface area contributed by atoms with Crippen molar-refractivity contribution in [3.05, 3.63) is 105 Å². The first kappa shape index (κ1) is 21.7. The molecule has 0 bridgehead atoms. The molecule has 0 saturated carbocycles. The highest BCUT2D eigenvalue weighted by Gasteiger charge is 2.19. The molecule has 2 aromatic heterocycles. The third kappa shape index (κ3) is 5.21. The molecule has 0 atom stereocenters. The van der Waals surface area contributed by atoms with Crippen LogP contribution in [0, 0.1) is 11.3 Å². The smallest absolute Gasteiger partial charge is 0.256 e. The number of thiazole rings is 1. The van der Waals surface area contributed by atoms with E-state index in [2.05, 4.69) is 16.4 Å². The highest BCUT2D eigenvalue weighted by Crippen LogP contribution is 2.38. The highest BCUT2D eigenvalue weighted by atomic mass is 35.5. The molecule has 0 aliphatic carbocycles. The molecule has 2 heterocycles. The van der Waals surface area contributed by atoms with Crippen molar-refractivity contribution in [1.82, 2.24) is 4.98 Å². The molecule has 4 nitrogen and oxygen atoms in total. The van der Waals surface area contributed by atoms with E-state index in [0.717, 1.165) is 10.4 Å². The number of carbonyl (C=O) groups excluding carboxylic acids is 1. The van der Waals surface area contributed by atoms with Crippen molar-refractivity contribution in [2.24, 2.45) is 0 Å². The second-order valence-electron chi connectivity index (χ2n) is 6.60. The average molecular weight is 474 g/mol. The Hall–Kier alpha value is -3.50. The van der Waals surface area contributed by atoms with Crippen LogP contribution in [0.25, 0.3) is 22.2 Å². The van der Waals surface area contributed by atoms with E-state index >= 15 is 0 Å². The van der Waals surface area contributed by atoms with E-state index in [1.54, 1.807) is 30.3 Å². The molecule has 1 N–H and O–H groups in total. The molecule has 0 aliphatic rings. The zero-order valence-electron chi connectivity index (χ0n) is 16.7. The van der Waals surface area contributed by atoms with Gasteiger partial charge in [-0.15, -0.1) is 11.3 Å². The summed E-state index contributed by atoms with van der Waals surface area (Å²) < 4.78 is 0. The number of anilines is 1. The van der Waals surface area contributed by atoms with Crippen molar-refractivity contribution >= 4 is 56.8 Å². The molecule has 0 unspecified atom stereocenters. The number of amides is 1. The summed E-state index contributed by atoms with van der Waals surface area (Å²) in [6.07, 6.45) is 5.48. The van der Waals surface area contributed by atoms with Crippen LogP contribution in [-0.2, 0) is 0 Å². The summed E-state index contributed by atoms with van der Waals surface area (Å²) >= 11 is 8.72. The number of thiophene rings is 1. The maximum atomic E-state index is 12.8. The predicted octanol–water partition coefficient (Wildman–Crippen LogP) is 7.40. The number of allylic oxidation sites excluding steroid dienone is 3. The Bertz CT molecular complexity index is 1320. The Morgan fingerprint density at radius 1 is 1.06 bits per heavy atom. The molecule has 32 heavy (non-hydrogen) atoms. The maximum absolute atomic E-state index is 12.8. The molecule has 0 aliphatic heterocycles. The first-order valence-corrected chi connectivity index (χ1v) is 11.7. The second-order valence-corrected chi connectivity index (χ2v) is 8.98. The zero-order chi connectivity index (χ0) is 22.3. The zero-order valence-corrected chi connectivity index (χ0v) is 19.0. The lowest BCUT2D eigenvalue weighted by molar-refractivity contribution is 0.102. The number of halogens is 1. The summed E-state index contributed by atoms with van der Waals surface area (Å²) in [4.78, 5) is 18.4. The Labute approximate surface area is 198 Å². The Kier molecular flexibility index (Phi) is 6.93. The fourth-order valence-electron chi connectivity index (χ4n) is 2.85. The van der Waals surface area contributed by atoms with E-state index in [4.69, 9.17) is 11.6 Å². The third-order valence-electron chi connectivity index (χ3n) is 4.42. The molecule has 0 fully saturated rings. The number of nitrogens with one attached hydrogen (secondary N) is 1. The quantitative estimate of drug-likeness (QED) is 0.234. The van der Waals surface area contributed by atoms with Crippen LogP contribution in [0.3, 0.4) is 0 Å². The molecule has 2 aromatic carbocycles. The molecule has 4 aromatic rings. The van der Waals surface area contributed by atoms with E-state index in [-0.39, 0.29) is 5.91 Å². The Morgan fingerprint density at radius 3 is 2.53 bits per heavy atom. The van der Waals surface area contributed by atoms with Crippen molar-refractivity contribution in [2.75, 3.05) is 5.32 Å². The molecule has 156 valence electrons. The van der Waals surface area contributed by atoms with Crippen LogP contribution >= 0.6 is 34.3 Å². The first-order chi connectivity index (χ1) is 15.6. The molecule has 4 rings (SSSR count). The van der Waals surface area contributed by atoms with Crippen LogP contribution in [-0.4, -0.2) is 10.9 Å². The van der Waals surface area contributed by atoms with E-state index in [1.165, 1.54) is 22.7 Å². The lowest BCUT2D eigenvalue weighted by Gasteiger charge is -2.04. The van der Waals surface area contributed by atoms with E-state index < -0.39 is 0 Å². The van der Waals surface area contributed by atoms with Crippen molar-refractivity contribution in [2.45, 2.75) is 0 Å². The van der Waals surface area contributed by atoms with Crippen LogP contribution in [0.15, 0.2) is 84.3 Å². The average Bonchev–Trinajstić information content (AvgIpc) is 3.48. The number of rotatable bonds is 6. The number of benzene rings is 2. The predicted molar refractivity (Wildman–Crippen MR) is 134 cm³/mol. The minimum Gasteiger partial charge on any atom is -0.312 e. The Morgan fingerprint density at radius 2 is 1.84 bits per heavy atom. The van der Waals surface area contributed by atoms with E-state index in [1.807, 2.05) is 60.0 Å². The lowest BCUT2D eigenvalue weighted by atomic mass is 10.2. The van der Waals surface area contributed by atoms with Gasteiger partial charge in [-0.25, -0.2) is 4.98 Å². The van der Waals surface area contributed by atoms with Crippen molar-refractivity contribution in [3.8, 4) is 16.6 Å².